The van der Waals surface area contributed by atoms with Crippen LogP contribution in [0.25, 0.3) is 0 Å². The minimum atomic E-state index is -1.06. The Kier molecular flexibility index (Phi) is 6.49. The lowest BCUT2D eigenvalue weighted by atomic mass is 10.0. The minimum absolute atomic E-state index is 0.0267. The lowest BCUT2D eigenvalue weighted by molar-refractivity contribution is -0.384. The number of carbonyl (C=O) groups excluding carboxylic acids is 1. The SMILES string of the molecule is CC(C)CC(NC(=O)CCc1cccc([N+](=O)[O-])c1)C(=O)O. The highest BCUT2D eigenvalue weighted by Crippen LogP contribution is 2.14. The zero-order chi connectivity index (χ0) is 16.7. The molecule has 0 aromatic heterocycles. The summed E-state index contributed by atoms with van der Waals surface area (Å²) in [6, 6.07) is 5.15. The van der Waals surface area contributed by atoms with E-state index in [-0.39, 0.29) is 23.9 Å². The van der Waals surface area contributed by atoms with E-state index in [1.807, 2.05) is 13.8 Å². The van der Waals surface area contributed by atoms with E-state index in [4.69, 9.17) is 5.11 Å². The van der Waals surface area contributed by atoms with Gasteiger partial charge in [0.15, 0.2) is 0 Å². The van der Waals surface area contributed by atoms with Crippen LogP contribution in [0.2, 0.25) is 0 Å². The summed E-state index contributed by atoms with van der Waals surface area (Å²) in [5, 5.41) is 22.2. The predicted molar refractivity (Wildman–Crippen MR) is 80.4 cm³/mol. The fraction of sp³-hybridized carbons (Fsp3) is 0.467. The Hall–Kier alpha value is -2.44. The molecular weight excluding hydrogens is 288 g/mol. The third-order valence-corrected chi connectivity index (χ3v) is 3.10. The number of hydrogen-bond donors (Lipinski definition) is 2. The van der Waals surface area contributed by atoms with Crippen LogP contribution in [0, 0.1) is 16.0 Å². The van der Waals surface area contributed by atoms with Crippen molar-refractivity contribution in [2.45, 2.75) is 39.2 Å². The summed E-state index contributed by atoms with van der Waals surface area (Å²) in [7, 11) is 0. The number of nitro groups is 1. The first-order valence-electron chi connectivity index (χ1n) is 7.05. The van der Waals surface area contributed by atoms with Gasteiger partial charge in [0.1, 0.15) is 6.04 Å². The number of nitro benzene ring substituents is 1. The summed E-state index contributed by atoms with van der Waals surface area (Å²) >= 11 is 0. The van der Waals surface area contributed by atoms with E-state index in [2.05, 4.69) is 5.32 Å². The number of carbonyl (C=O) groups is 2. The monoisotopic (exact) mass is 308 g/mol. The zero-order valence-corrected chi connectivity index (χ0v) is 12.6. The van der Waals surface area contributed by atoms with Crippen LogP contribution in [-0.4, -0.2) is 27.9 Å². The molecule has 0 spiro atoms. The van der Waals surface area contributed by atoms with E-state index in [1.165, 1.54) is 12.1 Å². The quantitative estimate of drug-likeness (QED) is 0.565. The van der Waals surface area contributed by atoms with Gasteiger partial charge in [-0.25, -0.2) is 4.79 Å². The summed E-state index contributed by atoms with van der Waals surface area (Å²) in [5.41, 5.74) is 0.640. The molecule has 0 aliphatic heterocycles. The molecule has 1 unspecified atom stereocenters. The van der Waals surface area contributed by atoms with Gasteiger partial charge in [0.05, 0.1) is 4.92 Å². The van der Waals surface area contributed by atoms with Crippen LogP contribution < -0.4 is 5.32 Å². The second-order valence-electron chi connectivity index (χ2n) is 5.51. The molecule has 0 heterocycles. The number of non-ortho nitro benzene ring substituents is 1. The number of rotatable bonds is 8. The van der Waals surface area contributed by atoms with E-state index in [9.17, 15) is 19.7 Å². The molecule has 1 amide bonds. The molecule has 0 saturated carbocycles. The molecule has 0 fully saturated rings. The maximum atomic E-state index is 11.8. The van der Waals surface area contributed by atoms with Crippen LogP contribution in [0.1, 0.15) is 32.3 Å². The first-order valence-corrected chi connectivity index (χ1v) is 7.05. The fourth-order valence-corrected chi connectivity index (χ4v) is 2.04. The maximum absolute atomic E-state index is 11.8. The van der Waals surface area contributed by atoms with E-state index in [0.29, 0.717) is 18.4 Å². The average molecular weight is 308 g/mol. The molecule has 0 aliphatic rings. The molecule has 0 aliphatic carbocycles. The molecule has 0 bridgehead atoms. The van der Waals surface area contributed by atoms with Crippen molar-refractivity contribution in [3.8, 4) is 0 Å². The molecule has 1 rings (SSSR count). The third kappa shape index (κ3) is 5.90. The standard InChI is InChI=1S/C15H20N2O5/c1-10(2)8-13(15(19)20)16-14(18)7-6-11-4-3-5-12(9-11)17(21)22/h3-5,9-10,13H,6-8H2,1-2H3,(H,16,18)(H,19,20). The molecular formula is C15H20N2O5. The molecule has 22 heavy (non-hydrogen) atoms. The Balaban J connectivity index is 2.56. The second kappa shape index (κ2) is 8.11. The van der Waals surface area contributed by atoms with Crippen molar-refractivity contribution >= 4 is 17.6 Å². The highest BCUT2D eigenvalue weighted by atomic mass is 16.6. The highest BCUT2D eigenvalue weighted by Gasteiger charge is 2.20. The zero-order valence-electron chi connectivity index (χ0n) is 12.6. The number of benzene rings is 1. The number of carboxylic acid groups (broad SMARTS) is 1. The van der Waals surface area contributed by atoms with Crippen molar-refractivity contribution in [3.05, 3.63) is 39.9 Å². The van der Waals surface area contributed by atoms with E-state index in [1.54, 1.807) is 12.1 Å². The number of nitrogens with zero attached hydrogens (tertiary/aromatic N) is 1. The number of aliphatic carboxylic acids is 1. The Morgan fingerprint density at radius 3 is 2.59 bits per heavy atom. The van der Waals surface area contributed by atoms with Crippen molar-refractivity contribution < 1.29 is 19.6 Å². The first kappa shape index (κ1) is 17.6. The van der Waals surface area contributed by atoms with Crippen molar-refractivity contribution in [3.63, 3.8) is 0 Å². The number of aryl methyl sites for hydroxylation is 1. The van der Waals surface area contributed by atoms with Crippen LogP contribution in [-0.2, 0) is 16.0 Å². The lowest BCUT2D eigenvalue weighted by Gasteiger charge is -2.16. The Morgan fingerprint density at radius 2 is 2.05 bits per heavy atom. The van der Waals surface area contributed by atoms with Crippen LogP contribution >= 0.6 is 0 Å². The van der Waals surface area contributed by atoms with Crippen LogP contribution in [0.4, 0.5) is 5.69 Å². The first-order chi connectivity index (χ1) is 10.3. The number of carboxylic acids is 1. The summed E-state index contributed by atoms with van der Waals surface area (Å²) < 4.78 is 0. The number of hydrogen-bond acceptors (Lipinski definition) is 4. The molecule has 7 heteroatoms. The summed E-state index contributed by atoms with van der Waals surface area (Å²) in [4.78, 5) is 33.1. The molecule has 120 valence electrons. The fourth-order valence-electron chi connectivity index (χ4n) is 2.04. The van der Waals surface area contributed by atoms with Crippen molar-refractivity contribution in [2.75, 3.05) is 0 Å². The van der Waals surface area contributed by atoms with Gasteiger partial charge < -0.3 is 10.4 Å². The van der Waals surface area contributed by atoms with E-state index in [0.717, 1.165) is 0 Å². The van der Waals surface area contributed by atoms with Crippen molar-refractivity contribution in [1.29, 1.82) is 0 Å². The normalized spacial score (nSPS) is 12.0. The largest absolute Gasteiger partial charge is 0.480 e. The van der Waals surface area contributed by atoms with E-state index >= 15 is 0 Å². The van der Waals surface area contributed by atoms with Crippen LogP contribution in [0.15, 0.2) is 24.3 Å². The molecule has 1 aromatic carbocycles. The predicted octanol–water partition coefficient (Wildman–Crippen LogP) is 2.14. The van der Waals surface area contributed by atoms with Gasteiger partial charge in [0.25, 0.3) is 5.69 Å². The van der Waals surface area contributed by atoms with Gasteiger partial charge in [-0.2, -0.15) is 0 Å². The summed E-state index contributed by atoms with van der Waals surface area (Å²) in [6.45, 7) is 3.76. The van der Waals surface area contributed by atoms with Crippen molar-refractivity contribution in [1.82, 2.24) is 5.32 Å². The maximum Gasteiger partial charge on any atom is 0.326 e. The topological polar surface area (TPSA) is 110 Å². The molecule has 7 nitrogen and oxygen atoms in total. The second-order valence-corrected chi connectivity index (χ2v) is 5.51. The van der Waals surface area contributed by atoms with Gasteiger partial charge in [-0.3, -0.25) is 14.9 Å². The third-order valence-electron chi connectivity index (χ3n) is 3.10. The lowest BCUT2D eigenvalue weighted by Crippen LogP contribution is -2.41. The van der Waals surface area contributed by atoms with E-state index < -0.39 is 16.9 Å². The molecule has 2 N–H and O–H groups in total. The smallest absolute Gasteiger partial charge is 0.326 e. The van der Waals surface area contributed by atoms with Crippen molar-refractivity contribution in [2.24, 2.45) is 5.92 Å². The molecule has 1 atom stereocenters. The van der Waals surface area contributed by atoms with Gasteiger partial charge in [-0.1, -0.05) is 26.0 Å². The van der Waals surface area contributed by atoms with Gasteiger partial charge in [0.2, 0.25) is 5.91 Å². The Morgan fingerprint density at radius 1 is 1.36 bits per heavy atom. The van der Waals surface area contributed by atoms with Gasteiger partial charge >= 0.3 is 5.97 Å². The number of nitrogens with one attached hydrogen (secondary N) is 1. The Bertz CT molecular complexity index is 557. The average Bonchev–Trinajstić information content (AvgIpc) is 2.44. The summed E-state index contributed by atoms with van der Waals surface area (Å²) in [5.74, 6) is -1.28. The summed E-state index contributed by atoms with van der Waals surface area (Å²) in [6.07, 6.45) is 0.766. The molecule has 0 radical (unpaired) electrons. The minimum Gasteiger partial charge on any atom is -0.480 e. The molecule has 1 aromatic rings. The van der Waals surface area contributed by atoms with Crippen LogP contribution in [0.5, 0.6) is 0 Å². The van der Waals surface area contributed by atoms with Gasteiger partial charge in [-0.15, -0.1) is 0 Å². The van der Waals surface area contributed by atoms with Gasteiger partial charge in [0, 0.05) is 18.6 Å². The Labute approximate surface area is 128 Å². The van der Waals surface area contributed by atoms with Gasteiger partial charge in [-0.05, 0) is 24.3 Å². The van der Waals surface area contributed by atoms with Crippen LogP contribution in [0.3, 0.4) is 0 Å². The number of amides is 1. The molecule has 0 saturated heterocycles. The highest BCUT2D eigenvalue weighted by molar-refractivity contribution is 5.83.